The molecule has 198 valence electrons. The zero-order valence-electron chi connectivity index (χ0n) is 21.6. The Bertz CT molecular complexity index is 1210. The predicted molar refractivity (Wildman–Crippen MR) is 138 cm³/mol. The topological polar surface area (TPSA) is 110 Å². The van der Waals surface area contributed by atoms with Crippen LogP contribution < -0.4 is 4.74 Å². The number of aliphatic hydroxyl groups is 1. The molecule has 1 N–H and O–H groups in total. The number of carbonyl (C=O) groups excluding carboxylic acids is 2. The van der Waals surface area contributed by atoms with Gasteiger partial charge in [0.15, 0.2) is 0 Å². The highest BCUT2D eigenvalue weighted by Crippen LogP contribution is 2.22. The fraction of sp³-hybridized carbons (Fsp3) is 0.481. The number of nitrogens with zero attached hydrogens (tertiary/aromatic N) is 5. The Balaban J connectivity index is 1.48. The van der Waals surface area contributed by atoms with Crippen molar-refractivity contribution in [2.75, 3.05) is 26.7 Å². The summed E-state index contributed by atoms with van der Waals surface area (Å²) in [5.74, 6) is 0.296. The van der Waals surface area contributed by atoms with Crippen molar-refractivity contribution in [3.05, 3.63) is 54.4 Å². The lowest BCUT2D eigenvalue weighted by atomic mass is 10.0. The normalized spacial score (nSPS) is 20.0. The van der Waals surface area contributed by atoms with Gasteiger partial charge in [0.1, 0.15) is 11.4 Å². The van der Waals surface area contributed by atoms with E-state index in [9.17, 15) is 14.7 Å². The molecule has 0 saturated heterocycles. The average molecular weight is 510 g/mol. The van der Waals surface area contributed by atoms with E-state index in [1.165, 1.54) is 4.90 Å². The first-order valence-corrected chi connectivity index (χ1v) is 12.7. The molecule has 0 saturated carbocycles. The fourth-order valence-electron chi connectivity index (χ4n) is 4.45. The van der Waals surface area contributed by atoms with Gasteiger partial charge in [0.25, 0.3) is 0 Å². The van der Waals surface area contributed by atoms with E-state index in [0.29, 0.717) is 37.4 Å². The SMILES string of the molecule is C[C@H](CO)N1C[C@H](C)[C@H](CN(C)C(=O)Oc2ccc3ccccc3c2)OCc2cn(nn2)CCCC1=O. The molecule has 1 aromatic heterocycles. The number of carbonyl (C=O) groups is 2. The third-order valence-electron chi connectivity index (χ3n) is 6.74. The van der Waals surface area contributed by atoms with E-state index in [0.717, 1.165) is 10.8 Å². The molecular formula is C27H35N5O5. The zero-order chi connectivity index (χ0) is 26.4. The smallest absolute Gasteiger partial charge is 0.410 e. The van der Waals surface area contributed by atoms with Crippen LogP contribution in [0, 0.1) is 5.92 Å². The Kier molecular flexibility index (Phi) is 8.73. The molecule has 2 aromatic carbocycles. The van der Waals surface area contributed by atoms with Gasteiger partial charge in [-0.3, -0.25) is 9.48 Å². The first-order valence-electron chi connectivity index (χ1n) is 12.7. The van der Waals surface area contributed by atoms with Crippen LogP contribution in [0.5, 0.6) is 5.75 Å². The molecule has 37 heavy (non-hydrogen) atoms. The van der Waals surface area contributed by atoms with Gasteiger partial charge in [-0.05, 0) is 36.2 Å². The van der Waals surface area contributed by atoms with Gasteiger partial charge in [0.2, 0.25) is 5.91 Å². The van der Waals surface area contributed by atoms with Crippen molar-refractivity contribution < 1.29 is 24.2 Å². The van der Waals surface area contributed by atoms with Gasteiger partial charge >= 0.3 is 6.09 Å². The Morgan fingerprint density at radius 2 is 2.05 bits per heavy atom. The number of amides is 2. The highest BCUT2D eigenvalue weighted by Gasteiger charge is 2.29. The van der Waals surface area contributed by atoms with Gasteiger partial charge in [-0.25, -0.2) is 4.79 Å². The van der Waals surface area contributed by atoms with E-state index in [2.05, 4.69) is 10.3 Å². The lowest BCUT2D eigenvalue weighted by molar-refractivity contribution is -0.136. The summed E-state index contributed by atoms with van der Waals surface area (Å²) in [6.07, 6.45) is 1.86. The number of benzene rings is 2. The number of aromatic nitrogens is 3. The Hall–Kier alpha value is -3.50. The molecule has 3 aromatic rings. The van der Waals surface area contributed by atoms with Crippen LogP contribution >= 0.6 is 0 Å². The largest absolute Gasteiger partial charge is 0.415 e. The van der Waals surface area contributed by atoms with Crippen LogP contribution in [0.4, 0.5) is 4.79 Å². The van der Waals surface area contributed by atoms with Crippen LogP contribution in [-0.2, 0) is 22.7 Å². The predicted octanol–water partition coefficient (Wildman–Crippen LogP) is 3.09. The minimum absolute atomic E-state index is 0.0317. The van der Waals surface area contributed by atoms with E-state index in [-0.39, 0.29) is 37.6 Å². The highest BCUT2D eigenvalue weighted by atomic mass is 16.6. The Morgan fingerprint density at radius 1 is 1.27 bits per heavy atom. The minimum Gasteiger partial charge on any atom is -0.410 e. The highest BCUT2D eigenvalue weighted by molar-refractivity contribution is 5.84. The molecule has 4 rings (SSSR count). The summed E-state index contributed by atoms with van der Waals surface area (Å²) in [5.41, 5.74) is 0.685. The van der Waals surface area contributed by atoms with Gasteiger partial charge < -0.3 is 24.4 Å². The maximum atomic E-state index is 13.0. The Morgan fingerprint density at radius 3 is 2.84 bits per heavy atom. The number of hydrogen-bond donors (Lipinski definition) is 1. The van der Waals surface area contributed by atoms with Gasteiger partial charge in [0.05, 0.1) is 38.1 Å². The summed E-state index contributed by atoms with van der Waals surface area (Å²) in [7, 11) is 1.66. The molecule has 0 radical (unpaired) electrons. The average Bonchev–Trinajstić information content (AvgIpc) is 3.36. The number of rotatable bonds is 5. The molecule has 0 fully saturated rings. The molecule has 1 aliphatic rings. The van der Waals surface area contributed by atoms with Crippen LogP contribution in [0.25, 0.3) is 10.8 Å². The first-order chi connectivity index (χ1) is 17.8. The third kappa shape index (κ3) is 6.84. The van der Waals surface area contributed by atoms with Gasteiger partial charge in [-0.15, -0.1) is 5.10 Å². The third-order valence-corrected chi connectivity index (χ3v) is 6.74. The number of fused-ring (bicyclic) bond motifs is 3. The quantitative estimate of drug-likeness (QED) is 0.563. The number of hydrogen-bond acceptors (Lipinski definition) is 7. The summed E-state index contributed by atoms with van der Waals surface area (Å²) < 4.78 is 13.6. The first kappa shape index (κ1) is 26.6. The van der Waals surface area contributed by atoms with Crippen LogP contribution in [-0.4, -0.2) is 80.8 Å². The van der Waals surface area contributed by atoms with Crippen molar-refractivity contribution in [3.8, 4) is 5.75 Å². The molecule has 1 aliphatic heterocycles. The van der Waals surface area contributed by atoms with Crippen molar-refractivity contribution >= 4 is 22.8 Å². The van der Waals surface area contributed by atoms with Gasteiger partial charge in [0, 0.05) is 32.5 Å². The summed E-state index contributed by atoms with van der Waals surface area (Å²) in [6.45, 7) is 5.12. The van der Waals surface area contributed by atoms with Crippen LogP contribution in [0.1, 0.15) is 32.4 Å². The fourth-order valence-corrected chi connectivity index (χ4v) is 4.45. The summed E-state index contributed by atoms with van der Waals surface area (Å²) in [4.78, 5) is 29.1. The zero-order valence-corrected chi connectivity index (χ0v) is 21.6. The second-order valence-electron chi connectivity index (χ2n) is 9.74. The number of likely N-dealkylation sites (N-methyl/N-ethyl adjacent to an activating group) is 1. The van der Waals surface area contributed by atoms with Crippen LogP contribution in [0.3, 0.4) is 0 Å². The number of aliphatic hydroxyl groups excluding tert-OH is 1. The van der Waals surface area contributed by atoms with Crippen molar-refractivity contribution in [1.29, 1.82) is 0 Å². The second kappa shape index (κ2) is 12.2. The summed E-state index contributed by atoms with van der Waals surface area (Å²) in [5, 5.41) is 20.1. The standard InChI is InChI=1S/C27H35N5O5/c1-19-14-32(20(2)17-33)26(34)9-6-12-31-15-23(28-29-31)18-36-25(19)16-30(3)27(35)37-24-11-10-21-7-4-5-8-22(21)13-24/h4-5,7-8,10-11,13,15,19-20,25,33H,6,9,12,14,16-18H2,1-3H3/t19-,20+,25-/m0/s1. The van der Waals surface area contributed by atoms with E-state index in [1.807, 2.05) is 56.4 Å². The molecule has 10 heteroatoms. The summed E-state index contributed by atoms with van der Waals surface area (Å²) in [6, 6.07) is 13.1. The van der Waals surface area contributed by atoms with E-state index < -0.39 is 12.2 Å². The van der Waals surface area contributed by atoms with Crippen molar-refractivity contribution in [2.24, 2.45) is 5.92 Å². The molecule has 0 aliphatic carbocycles. The lowest BCUT2D eigenvalue weighted by Gasteiger charge is -2.35. The van der Waals surface area contributed by atoms with Crippen LogP contribution in [0.15, 0.2) is 48.7 Å². The minimum atomic E-state index is -0.503. The van der Waals surface area contributed by atoms with Crippen LogP contribution in [0.2, 0.25) is 0 Å². The maximum Gasteiger partial charge on any atom is 0.415 e. The van der Waals surface area contributed by atoms with Gasteiger partial charge in [-0.2, -0.15) is 0 Å². The second-order valence-corrected chi connectivity index (χ2v) is 9.74. The molecule has 10 nitrogen and oxygen atoms in total. The van der Waals surface area contributed by atoms with E-state index in [1.54, 1.807) is 22.7 Å². The molecule has 0 spiro atoms. The van der Waals surface area contributed by atoms with Crippen molar-refractivity contribution in [2.45, 2.75) is 52.0 Å². The molecule has 2 bridgehead atoms. The summed E-state index contributed by atoms with van der Waals surface area (Å²) >= 11 is 0. The number of ether oxygens (including phenoxy) is 2. The van der Waals surface area contributed by atoms with E-state index >= 15 is 0 Å². The number of aryl methyl sites for hydroxylation is 1. The van der Waals surface area contributed by atoms with E-state index in [4.69, 9.17) is 9.47 Å². The lowest BCUT2D eigenvalue weighted by Crippen LogP contribution is -2.48. The molecular weight excluding hydrogens is 474 g/mol. The molecule has 2 heterocycles. The van der Waals surface area contributed by atoms with Crippen molar-refractivity contribution in [1.82, 2.24) is 24.8 Å². The monoisotopic (exact) mass is 509 g/mol. The van der Waals surface area contributed by atoms with Gasteiger partial charge in [-0.1, -0.05) is 42.5 Å². The molecule has 3 atom stereocenters. The Labute approximate surface area is 216 Å². The van der Waals surface area contributed by atoms with Crippen molar-refractivity contribution in [3.63, 3.8) is 0 Å². The maximum absolute atomic E-state index is 13.0. The molecule has 0 unspecified atom stereocenters. The molecule has 2 amide bonds.